The summed E-state index contributed by atoms with van der Waals surface area (Å²) < 4.78 is 27.4. The van der Waals surface area contributed by atoms with Crippen molar-refractivity contribution in [3.05, 3.63) is 27.7 Å². The van der Waals surface area contributed by atoms with E-state index in [9.17, 15) is 13.2 Å². The van der Waals surface area contributed by atoms with Crippen molar-refractivity contribution >= 4 is 48.9 Å². The molecule has 18 heavy (non-hydrogen) atoms. The quantitative estimate of drug-likeness (QED) is 0.626. The number of ether oxygens (including phenoxy) is 1. The molecule has 0 heterocycles. The van der Waals surface area contributed by atoms with Gasteiger partial charge in [0.2, 0.25) is 0 Å². The molecule has 0 saturated heterocycles. The number of esters is 1. The molecule has 0 aliphatic carbocycles. The minimum Gasteiger partial charge on any atom is -0.462 e. The van der Waals surface area contributed by atoms with Crippen LogP contribution in [0.5, 0.6) is 0 Å². The van der Waals surface area contributed by atoms with E-state index in [1.165, 1.54) is 6.07 Å². The maximum Gasteiger partial charge on any atom is 0.339 e. The highest BCUT2D eigenvalue weighted by atomic mass is 35.7. The van der Waals surface area contributed by atoms with Crippen molar-refractivity contribution < 1.29 is 17.9 Å². The second kappa shape index (κ2) is 6.10. The molecule has 0 spiro atoms. The van der Waals surface area contributed by atoms with Crippen molar-refractivity contribution in [3.8, 4) is 0 Å². The molecular formula is C10H9Cl3O4S. The number of hydrogen-bond donors (Lipinski definition) is 0. The van der Waals surface area contributed by atoms with Gasteiger partial charge in [0.1, 0.15) is 4.90 Å². The van der Waals surface area contributed by atoms with E-state index < -0.39 is 19.9 Å². The zero-order chi connectivity index (χ0) is 13.9. The number of carbonyl (C=O) groups excluding carboxylic acids is 1. The molecule has 0 atom stereocenters. The molecule has 0 aliphatic heterocycles. The molecule has 0 bridgehead atoms. The van der Waals surface area contributed by atoms with Crippen LogP contribution in [0.2, 0.25) is 10.0 Å². The van der Waals surface area contributed by atoms with E-state index >= 15 is 0 Å². The Kier molecular flexibility index (Phi) is 5.28. The van der Waals surface area contributed by atoms with Gasteiger partial charge in [0.25, 0.3) is 9.05 Å². The van der Waals surface area contributed by atoms with Crippen LogP contribution in [0.4, 0.5) is 0 Å². The maximum atomic E-state index is 11.7. The number of rotatable bonds is 4. The highest BCUT2D eigenvalue weighted by Gasteiger charge is 2.22. The lowest BCUT2D eigenvalue weighted by Gasteiger charge is -2.08. The van der Waals surface area contributed by atoms with E-state index in [1.54, 1.807) is 0 Å². The highest BCUT2D eigenvalue weighted by molar-refractivity contribution is 8.13. The average molecular weight is 332 g/mol. The van der Waals surface area contributed by atoms with E-state index in [1.807, 2.05) is 6.92 Å². The van der Waals surface area contributed by atoms with Crippen molar-refractivity contribution in [2.45, 2.75) is 18.2 Å². The Bertz CT molecular complexity index is 569. The van der Waals surface area contributed by atoms with Crippen LogP contribution in [0, 0.1) is 0 Å². The first-order valence-corrected chi connectivity index (χ1v) is 7.94. The molecule has 4 nitrogen and oxygen atoms in total. The number of benzene rings is 1. The van der Waals surface area contributed by atoms with Crippen molar-refractivity contribution in [1.82, 2.24) is 0 Å². The lowest BCUT2D eigenvalue weighted by Crippen LogP contribution is -2.08. The van der Waals surface area contributed by atoms with E-state index in [0.29, 0.717) is 6.42 Å². The molecule has 0 fully saturated rings. The Morgan fingerprint density at radius 2 is 1.94 bits per heavy atom. The van der Waals surface area contributed by atoms with Gasteiger partial charge in [-0.25, -0.2) is 13.2 Å². The fourth-order valence-corrected chi connectivity index (χ4v) is 3.01. The first-order chi connectivity index (χ1) is 8.27. The van der Waals surface area contributed by atoms with Crippen molar-refractivity contribution in [2.24, 2.45) is 0 Å². The summed E-state index contributed by atoms with van der Waals surface area (Å²) in [5, 5.41) is -0.266. The molecular weight excluding hydrogens is 323 g/mol. The van der Waals surface area contributed by atoms with Crippen LogP contribution >= 0.6 is 33.9 Å². The summed E-state index contributed by atoms with van der Waals surface area (Å²) in [6.45, 7) is 2.02. The Morgan fingerprint density at radius 3 is 2.44 bits per heavy atom. The van der Waals surface area contributed by atoms with Crippen LogP contribution in [0.15, 0.2) is 17.0 Å². The largest absolute Gasteiger partial charge is 0.462 e. The molecule has 0 N–H and O–H groups in total. The van der Waals surface area contributed by atoms with Crippen molar-refractivity contribution in [3.63, 3.8) is 0 Å². The third kappa shape index (κ3) is 3.75. The number of hydrogen-bond acceptors (Lipinski definition) is 4. The first-order valence-electron chi connectivity index (χ1n) is 4.88. The molecule has 100 valence electrons. The Hall–Kier alpha value is -0.490. The van der Waals surface area contributed by atoms with Gasteiger partial charge in [-0.2, -0.15) is 0 Å². The topological polar surface area (TPSA) is 60.4 Å². The minimum absolute atomic E-state index is 0.0297. The van der Waals surface area contributed by atoms with E-state index in [4.69, 9.17) is 38.6 Å². The summed E-state index contributed by atoms with van der Waals surface area (Å²) in [5.41, 5.74) is -0.128. The predicted octanol–water partition coefficient (Wildman–Crippen LogP) is 3.49. The lowest BCUT2D eigenvalue weighted by atomic mass is 10.2. The summed E-state index contributed by atoms with van der Waals surface area (Å²) >= 11 is 11.5. The Balaban J connectivity index is 3.30. The standard InChI is InChI=1S/C10H9Cl3O4S/c1-2-3-17-10(14)7-4-6(11)5-8(9(7)12)18(13,15)16/h4-5H,2-3H2,1H3. The van der Waals surface area contributed by atoms with Crippen LogP contribution in [0.1, 0.15) is 23.7 Å². The van der Waals surface area contributed by atoms with Gasteiger partial charge >= 0.3 is 5.97 Å². The molecule has 1 aromatic carbocycles. The number of halogens is 3. The zero-order valence-electron chi connectivity index (χ0n) is 9.24. The van der Waals surface area contributed by atoms with Crippen molar-refractivity contribution in [1.29, 1.82) is 0 Å². The lowest BCUT2D eigenvalue weighted by molar-refractivity contribution is 0.0505. The fourth-order valence-electron chi connectivity index (χ4n) is 1.16. The SMILES string of the molecule is CCCOC(=O)c1cc(Cl)cc(S(=O)(=O)Cl)c1Cl. The molecule has 1 rings (SSSR count). The van der Waals surface area contributed by atoms with E-state index in [0.717, 1.165) is 6.07 Å². The summed E-state index contributed by atoms with van der Waals surface area (Å²) in [7, 11) is 1.11. The Morgan fingerprint density at radius 1 is 1.33 bits per heavy atom. The summed E-state index contributed by atoms with van der Waals surface area (Å²) in [4.78, 5) is 11.2. The van der Waals surface area contributed by atoms with Gasteiger partial charge < -0.3 is 4.74 Å². The van der Waals surface area contributed by atoms with Crippen LogP contribution in [0.25, 0.3) is 0 Å². The van der Waals surface area contributed by atoms with Crippen molar-refractivity contribution in [2.75, 3.05) is 6.61 Å². The normalized spacial score (nSPS) is 11.3. The average Bonchev–Trinajstić information content (AvgIpc) is 2.27. The third-order valence-corrected chi connectivity index (χ3v) is 4.01. The Labute approximate surface area is 119 Å². The third-order valence-electron chi connectivity index (χ3n) is 1.92. The second-order valence-corrected chi connectivity index (χ2v) is 6.69. The zero-order valence-corrected chi connectivity index (χ0v) is 12.3. The van der Waals surface area contributed by atoms with Gasteiger partial charge in [0.05, 0.1) is 17.2 Å². The molecule has 0 aliphatic rings. The van der Waals surface area contributed by atoms with Gasteiger partial charge in [-0.1, -0.05) is 30.1 Å². The smallest absolute Gasteiger partial charge is 0.339 e. The van der Waals surface area contributed by atoms with E-state index in [2.05, 4.69) is 0 Å². The van der Waals surface area contributed by atoms with Crippen LogP contribution in [-0.4, -0.2) is 21.0 Å². The van der Waals surface area contributed by atoms with Gasteiger partial charge in [-0.05, 0) is 18.6 Å². The molecule has 0 unspecified atom stereocenters. The molecule has 0 aromatic heterocycles. The number of carbonyl (C=O) groups is 1. The molecule has 0 saturated carbocycles. The van der Waals surface area contributed by atoms with Gasteiger partial charge in [0, 0.05) is 15.7 Å². The summed E-state index contributed by atoms with van der Waals surface area (Å²) in [6.07, 6.45) is 0.630. The van der Waals surface area contributed by atoms with Gasteiger partial charge in [-0.15, -0.1) is 0 Å². The molecule has 0 radical (unpaired) electrons. The summed E-state index contributed by atoms with van der Waals surface area (Å²) in [6, 6.07) is 2.30. The molecule has 1 aromatic rings. The van der Waals surface area contributed by atoms with Gasteiger partial charge in [-0.3, -0.25) is 0 Å². The highest BCUT2D eigenvalue weighted by Crippen LogP contribution is 2.31. The monoisotopic (exact) mass is 330 g/mol. The van der Waals surface area contributed by atoms with Crippen LogP contribution in [-0.2, 0) is 13.8 Å². The first kappa shape index (κ1) is 15.6. The maximum absolute atomic E-state index is 11.7. The minimum atomic E-state index is -4.08. The predicted molar refractivity (Wildman–Crippen MR) is 70.1 cm³/mol. The van der Waals surface area contributed by atoms with Crippen LogP contribution in [0.3, 0.4) is 0 Å². The fraction of sp³-hybridized carbons (Fsp3) is 0.300. The molecule has 0 amide bonds. The molecule has 8 heteroatoms. The van der Waals surface area contributed by atoms with Crippen LogP contribution < -0.4 is 0 Å². The second-order valence-electron chi connectivity index (χ2n) is 3.34. The van der Waals surface area contributed by atoms with E-state index in [-0.39, 0.29) is 22.2 Å². The summed E-state index contributed by atoms with van der Waals surface area (Å²) in [5.74, 6) is -0.745. The van der Waals surface area contributed by atoms with Gasteiger partial charge in [0.15, 0.2) is 0 Å².